The summed E-state index contributed by atoms with van der Waals surface area (Å²) in [5.41, 5.74) is 3.16. The van der Waals surface area contributed by atoms with Crippen LogP contribution in [0.2, 0.25) is 0 Å². The minimum Gasteiger partial charge on any atom is -0.497 e. The SMILES string of the molecule is COc1ccc(Cc2nnc3c4ccccc4c(Nc4cccc(C#N)c4)nn23)cc1. The summed E-state index contributed by atoms with van der Waals surface area (Å²) >= 11 is 0. The molecule has 0 bridgehead atoms. The van der Waals surface area contributed by atoms with Gasteiger partial charge in [-0.2, -0.15) is 9.78 Å². The van der Waals surface area contributed by atoms with Gasteiger partial charge >= 0.3 is 0 Å². The summed E-state index contributed by atoms with van der Waals surface area (Å²) in [6.45, 7) is 0. The molecule has 0 aliphatic rings. The second kappa shape index (κ2) is 7.76. The molecule has 3 aromatic carbocycles. The lowest BCUT2D eigenvalue weighted by Crippen LogP contribution is -2.05. The van der Waals surface area contributed by atoms with Crippen LogP contribution in [0.1, 0.15) is 17.0 Å². The largest absolute Gasteiger partial charge is 0.497 e. The third-order valence-electron chi connectivity index (χ3n) is 5.10. The molecule has 0 aliphatic heterocycles. The zero-order chi connectivity index (χ0) is 21.2. The molecule has 31 heavy (non-hydrogen) atoms. The van der Waals surface area contributed by atoms with Crippen LogP contribution in [0, 0.1) is 11.3 Å². The first-order valence-corrected chi connectivity index (χ1v) is 9.78. The van der Waals surface area contributed by atoms with E-state index < -0.39 is 0 Å². The van der Waals surface area contributed by atoms with Crippen LogP contribution in [0.4, 0.5) is 11.5 Å². The van der Waals surface area contributed by atoms with Crippen molar-refractivity contribution >= 4 is 27.9 Å². The molecule has 5 aromatic rings. The molecule has 2 heterocycles. The van der Waals surface area contributed by atoms with Gasteiger partial charge in [0.25, 0.3) is 0 Å². The van der Waals surface area contributed by atoms with Crippen molar-refractivity contribution in [2.24, 2.45) is 0 Å². The summed E-state index contributed by atoms with van der Waals surface area (Å²) in [5.74, 6) is 2.22. The van der Waals surface area contributed by atoms with Gasteiger partial charge in [0.2, 0.25) is 0 Å². The van der Waals surface area contributed by atoms with E-state index in [9.17, 15) is 5.26 Å². The Kier molecular flexibility index (Phi) is 4.65. The van der Waals surface area contributed by atoms with Gasteiger partial charge in [0, 0.05) is 22.9 Å². The number of methoxy groups -OCH3 is 1. The van der Waals surface area contributed by atoms with Crippen molar-refractivity contribution in [3.05, 3.63) is 89.7 Å². The molecule has 0 saturated heterocycles. The molecule has 0 atom stereocenters. The molecule has 150 valence electrons. The van der Waals surface area contributed by atoms with Crippen molar-refractivity contribution in [2.45, 2.75) is 6.42 Å². The number of nitriles is 1. The van der Waals surface area contributed by atoms with E-state index in [1.54, 1.807) is 23.8 Å². The van der Waals surface area contributed by atoms with Crippen molar-refractivity contribution < 1.29 is 4.74 Å². The van der Waals surface area contributed by atoms with Gasteiger partial charge in [-0.25, -0.2) is 0 Å². The predicted molar refractivity (Wildman–Crippen MR) is 119 cm³/mol. The average Bonchev–Trinajstić information content (AvgIpc) is 3.22. The highest BCUT2D eigenvalue weighted by Crippen LogP contribution is 2.28. The summed E-state index contributed by atoms with van der Waals surface area (Å²) in [6.07, 6.45) is 0.583. The fourth-order valence-corrected chi connectivity index (χ4v) is 3.56. The number of nitrogens with zero attached hydrogens (tertiary/aromatic N) is 5. The molecule has 0 saturated carbocycles. The Bertz CT molecular complexity index is 1430. The fraction of sp³-hybridized carbons (Fsp3) is 0.0833. The molecular formula is C24H18N6O. The quantitative estimate of drug-likeness (QED) is 0.463. The average molecular weight is 406 g/mol. The summed E-state index contributed by atoms with van der Waals surface area (Å²) in [4.78, 5) is 0. The first-order valence-electron chi connectivity index (χ1n) is 9.78. The van der Waals surface area contributed by atoms with Gasteiger partial charge in [-0.3, -0.25) is 0 Å². The zero-order valence-electron chi connectivity index (χ0n) is 16.8. The number of benzene rings is 3. The molecule has 5 rings (SSSR count). The lowest BCUT2D eigenvalue weighted by Gasteiger charge is -2.11. The Morgan fingerprint density at radius 3 is 2.55 bits per heavy atom. The summed E-state index contributed by atoms with van der Waals surface area (Å²) in [6, 6.07) is 25.3. The van der Waals surface area contributed by atoms with Crippen LogP contribution in [-0.4, -0.2) is 26.9 Å². The second-order valence-electron chi connectivity index (χ2n) is 7.09. The van der Waals surface area contributed by atoms with Crippen LogP contribution < -0.4 is 10.1 Å². The van der Waals surface area contributed by atoms with Crippen LogP contribution >= 0.6 is 0 Å². The lowest BCUT2D eigenvalue weighted by molar-refractivity contribution is 0.414. The normalized spacial score (nSPS) is 10.8. The molecule has 0 fully saturated rings. The van der Waals surface area contributed by atoms with Gasteiger partial charge in [-0.05, 0) is 35.9 Å². The number of nitrogens with one attached hydrogen (secondary N) is 1. The monoisotopic (exact) mass is 406 g/mol. The van der Waals surface area contributed by atoms with Crippen LogP contribution in [0.15, 0.2) is 72.8 Å². The lowest BCUT2D eigenvalue weighted by atomic mass is 10.1. The van der Waals surface area contributed by atoms with E-state index in [0.717, 1.165) is 33.6 Å². The molecule has 2 aromatic heterocycles. The predicted octanol–water partition coefficient (Wildman–Crippen LogP) is 4.49. The van der Waals surface area contributed by atoms with E-state index in [0.29, 0.717) is 23.4 Å². The number of fused-ring (bicyclic) bond motifs is 3. The van der Waals surface area contributed by atoms with Gasteiger partial charge < -0.3 is 10.1 Å². The summed E-state index contributed by atoms with van der Waals surface area (Å²) < 4.78 is 7.02. The highest BCUT2D eigenvalue weighted by atomic mass is 16.5. The number of aromatic nitrogens is 4. The Morgan fingerprint density at radius 2 is 1.77 bits per heavy atom. The highest BCUT2D eigenvalue weighted by molar-refractivity contribution is 6.00. The Labute approximate surface area is 178 Å². The minimum atomic E-state index is 0.583. The second-order valence-corrected chi connectivity index (χ2v) is 7.09. The van der Waals surface area contributed by atoms with Gasteiger partial charge in [-0.1, -0.05) is 42.5 Å². The van der Waals surface area contributed by atoms with Crippen LogP contribution in [0.3, 0.4) is 0 Å². The maximum absolute atomic E-state index is 9.20. The molecule has 7 heteroatoms. The van der Waals surface area contributed by atoms with Crippen molar-refractivity contribution in [1.29, 1.82) is 5.26 Å². The molecule has 0 spiro atoms. The molecule has 1 N–H and O–H groups in total. The van der Waals surface area contributed by atoms with E-state index in [1.807, 2.05) is 60.7 Å². The summed E-state index contributed by atoms with van der Waals surface area (Å²) in [5, 5.41) is 28.1. The van der Waals surface area contributed by atoms with Crippen LogP contribution in [0.25, 0.3) is 16.4 Å². The highest BCUT2D eigenvalue weighted by Gasteiger charge is 2.15. The van der Waals surface area contributed by atoms with Crippen molar-refractivity contribution in [3.8, 4) is 11.8 Å². The van der Waals surface area contributed by atoms with E-state index >= 15 is 0 Å². The number of anilines is 2. The number of hydrogen-bond donors (Lipinski definition) is 1. The van der Waals surface area contributed by atoms with E-state index in [-0.39, 0.29) is 0 Å². The molecule has 7 nitrogen and oxygen atoms in total. The standard InChI is InChI=1S/C24H18N6O/c1-31-19-11-9-16(10-12-19)14-22-27-28-24-21-8-3-2-7-20(21)23(29-30(22)24)26-18-6-4-5-17(13-18)15-25/h2-13H,14H2,1H3,(H,26,29). The number of rotatable bonds is 5. The Hall–Kier alpha value is -4.44. The van der Waals surface area contributed by atoms with Crippen LogP contribution in [-0.2, 0) is 6.42 Å². The fourth-order valence-electron chi connectivity index (χ4n) is 3.56. The van der Waals surface area contributed by atoms with Crippen molar-refractivity contribution in [3.63, 3.8) is 0 Å². The molecule has 0 amide bonds. The van der Waals surface area contributed by atoms with Crippen LogP contribution in [0.5, 0.6) is 5.75 Å². The third kappa shape index (κ3) is 3.51. The van der Waals surface area contributed by atoms with Gasteiger partial charge in [-0.15, -0.1) is 15.3 Å². The summed E-state index contributed by atoms with van der Waals surface area (Å²) in [7, 11) is 1.65. The maximum atomic E-state index is 9.20. The number of ether oxygens (including phenoxy) is 1. The zero-order valence-corrected chi connectivity index (χ0v) is 16.8. The smallest absolute Gasteiger partial charge is 0.185 e. The van der Waals surface area contributed by atoms with Gasteiger partial charge in [0.1, 0.15) is 5.75 Å². The van der Waals surface area contributed by atoms with E-state index in [2.05, 4.69) is 21.6 Å². The maximum Gasteiger partial charge on any atom is 0.185 e. The van der Waals surface area contributed by atoms with Crippen molar-refractivity contribution in [2.75, 3.05) is 12.4 Å². The number of hydrogen-bond acceptors (Lipinski definition) is 6. The third-order valence-corrected chi connectivity index (χ3v) is 5.10. The minimum absolute atomic E-state index is 0.583. The molecule has 0 unspecified atom stereocenters. The Balaban J connectivity index is 1.60. The van der Waals surface area contributed by atoms with Crippen molar-refractivity contribution in [1.82, 2.24) is 19.8 Å². The molecule has 0 aliphatic carbocycles. The topological polar surface area (TPSA) is 88.1 Å². The van der Waals surface area contributed by atoms with Gasteiger partial charge in [0.15, 0.2) is 17.3 Å². The molecular weight excluding hydrogens is 388 g/mol. The van der Waals surface area contributed by atoms with Gasteiger partial charge in [0.05, 0.1) is 18.7 Å². The molecule has 0 radical (unpaired) electrons. The van der Waals surface area contributed by atoms with E-state index in [1.165, 1.54) is 0 Å². The first-order chi connectivity index (χ1) is 15.2. The first kappa shape index (κ1) is 18.6. The Morgan fingerprint density at radius 1 is 0.968 bits per heavy atom. The van der Waals surface area contributed by atoms with E-state index in [4.69, 9.17) is 9.84 Å².